The van der Waals surface area contributed by atoms with E-state index in [1.807, 2.05) is 42.5 Å². The van der Waals surface area contributed by atoms with Crippen LogP contribution in [0.25, 0.3) is 0 Å². The maximum atomic E-state index is 13.1. The van der Waals surface area contributed by atoms with Gasteiger partial charge in [-0.25, -0.2) is 9.59 Å². The topological polar surface area (TPSA) is 65.1 Å². The molecule has 0 saturated carbocycles. The Morgan fingerprint density at radius 3 is 2.45 bits per heavy atom. The molecule has 1 heterocycles. The number of carbonyl (C=O) groups excluding carboxylic acids is 2. The third-order valence-electron chi connectivity index (χ3n) is 5.41. The van der Waals surface area contributed by atoms with E-state index in [1.165, 1.54) is 4.90 Å². The molecule has 0 bridgehead atoms. The van der Waals surface area contributed by atoms with Gasteiger partial charge in [0, 0.05) is 6.54 Å². The summed E-state index contributed by atoms with van der Waals surface area (Å²) in [5.41, 5.74) is 0.768. The van der Waals surface area contributed by atoms with Gasteiger partial charge in [0.25, 0.3) is 0 Å². The van der Waals surface area contributed by atoms with Crippen LogP contribution in [-0.2, 0) is 18.7 Å². The minimum Gasteiger partial charge on any atom is -0.454 e. The summed E-state index contributed by atoms with van der Waals surface area (Å²) in [5, 5.41) is -0.0498. The van der Waals surface area contributed by atoms with Gasteiger partial charge in [-0.3, -0.25) is 0 Å². The number of rotatable bonds is 6. The molecule has 29 heavy (non-hydrogen) atoms. The Balaban J connectivity index is 2.17. The normalized spacial score (nSPS) is 18.3. The molecule has 1 aliphatic rings. The standard InChI is InChI=1S/C22H33NO5Si/c1-7-26-21(25)23-15-11-14-18(16-23)27-20(24)19(17-12-9-8-10-13-17)28-29(5,6)22(2,3)4/h8-14,18-19H,7,15-16H2,1-6H3/t18-,19+/m1/s1. The van der Waals surface area contributed by atoms with E-state index in [0.29, 0.717) is 13.2 Å². The lowest BCUT2D eigenvalue weighted by molar-refractivity contribution is -0.157. The SMILES string of the molecule is CCOC(=O)N1CC=C[C@@H](OC(=O)[C@@H](O[Si](C)(C)C(C)(C)C)c2ccccc2)C1. The molecule has 160 valence electrons. The van der Waals surface area contributed by atoms with Gasteiger partial charge >= 0.3 is 12.1 Å². The number of benzene rings is 1. The highest BCUT2D eigenvalue weighted by molar-refractivity contribution is 6.74. The molecule has 0 aliphatic carbocycles. The van der Waals surface area contributed by atoms with Crippen LogP contribution in [0.5, 0.6) is 0 Å². The molecule has 0 fully saturated rings. The van der Waals surface area contributed by atoms with Gasteiger partial charge < -0.3 is 18.8 Å². The van der Waals surface area contributed by atoms with Crippen molar-refractivity contribution in [1.29, 1.82) is 0 Å². The summed E-state index contributed by atoms with van der Waals surface area (Å²) < 4.78 is 17.2. The van der Waals surface area contributed by atoms with E-state index in [0.717, 1.165) is 5.56 Å². The van der Waals surface area contributed by atoms with Crippen molar-refractivity contribution < 1.29 is 23.5 Å². The molecule has 0 N–H and O–H groups in total. The van der Waals surface area contributed by atoms with Gasteiger partial charge in [-0.1, -0.05) is 57.2 Å². The lowest BCUT2D eigenvalue weighted by Crippen LogP contribution is -2.45. The van der Waals surface area contributed by atoms with Gasteiger partial charge in [0.05, 0.1) is 13.2 Å². The first-order valence-electron chi connectivity index (χ1n) is 10.1. The first-order valence-corrected chi connectivity index (χ1v) is 13.0. The number of amides is 1. The molecule has 0 saturated heterocycles. The molecule has 2 rings (SSSR count). The Kier molecular flexibility index (Phi) is 7.65. The molecule has 1 aromatic carbocycles. The summed E-state index contributed by atoms with van der Waals surface area (Å²) in [5.74, 6) is -0.443. The Bertz CT molecular complexity index is 726. The summed E-state index contributed by atoms with van der Waals surface area (Å²) in [6.07, 6.45) is 1.88. The number of carbonyl (C=O) groups is 2. The Labute approximate surface area is 175 Å². The molecule has 0 spiro atoms. The minimum absolute atomic E-state index is 0.0498. The van der Waals surface area contributed by atoms with Crippen molar-refractivity contribution in [3.8, 4) is 0 Å². The van der Waals surface area contributed by atoms with Crippen LogP contribution in [0, 0.1) is 0 Å². The van der Waals surface area contributed by atoms with E-state index in [-0.39, 0.29) is 11.6 Å². The second kappa shape index (κ2) is 9.58. The van der Waals surface area contributed by atoms with Crippen molar-refractivity contribution in [2.45, 2.75) is 58.0 Å². The molecule has 0 aromatic heterocycles. The van der Waals surface area contributed by atoms with E-state index in [1.54, 1.807) is 6.92 Å². The molecule has 6 nitrogen and oxygen atoms in total. The van der Waals surface area contributed by atoms with Crippen molar-refractivity contribution in [2.75, 3.05) is 19.7 Å². The average Bonchev–Trinajstić information content (AvgIpc) is 2.66. The molecular weight excluding hydrogens is 386 g/mol. The lowest BCUT2D eigenvalue weighted by Gasteiger charge is -2.39. The van der Waals surface area contributed by atoms with Crippen LogP contribution in [0.4, 0.5) is 4.79 Å². The van der Waals surface area contributed by atoms with Crippen LogP contribution in [0.1, 0.15) is 39.4 Å². The first kappa shape index (κ1) is 23.2. The second-order valence-corrected chi connectivity index (χ2v) is 13.4. The molecule has 1 amide bonds. The maximum absolute atomic E-state index is 13.1. The summed E-state index contributed by atoms with van der Waals surface area (Å²) in [6, 6.07) is 9.42. The fourth-order valence-corrected chi connectivity index (χ4v) is 3.87. The van der Waals surface area contributed by atoms with Crippen LogP contribution in [0.15, 0.2) is 42.5 Å². The fraction of sp³-hybridized carbons (Fsp3) is 0.545. The number of ether oxygens (including phenoxy) is 2. The molecule has 1 aromatic rings. The maximum Gasteiger partial charge on any atom is 0.410 e. The number of nitrogens with zero attached hydrogens (tertiary/aromatic N) is 1. The zero-order valence-electron chi connectivity index (χ0n) is 18.3. The van der Waals surface area contributed by atoms with Gasteiger partial charge in [-0.2, -0.15) is 0 Å². The molecule has 0 radical (unpaired) electrons. The van der Waals surface area contributed by atoms with Gasteiger partial charge in [-0.05, 0) is 36.7 Å². The monoisotopic (exact) mass is 419 g/mol. The van der Waals surface area contributed by atoms with Gasteiger partial charge in [0.15, 0.2) is 14.4 Å². The lowest BCUT2D eigenvalue weighted by atomic mass is 10.1. The summed E-state index contributed by atoms with van der Waals surface area (Å²) in [4.78, 5) is 26.6. The van der Waals surface area contributed by atoms with Crippen molar-refractivity contribution in [2.24, 2.45) is 0 Å². The number of esters is 1. The molecule has 1 aliphatic heterocycles. The predicted molar refractivity (Wildman–Crippen MR) is 115 cm³/mol. The van der Waals surface area contributed by atoms with Crippen LogP contribution in [-0.4, -0.2) is 51.1 Å². The quantitative estimate of drug-likeness (QED) is 0.380. The minimum atomic E-state index is -2.22. The molecule has 2 atom stereocenters. The Morgan fingerprint density at radius 2 is 1.86 bits per heavy atom. The third-order valence-corrected chi connectivity index (χ3v) is 9.84. The van der Waals surface area contributed by atoms with Gasteiger partial charge in [0.2, 0.25) is 0 Å². The van der Waals surface area contributed by atoms with Gasteiger partial charge in [0.1, 0.15) is 6.10 Å². The summed E-state index contributed by atoms with van der Waals surface area (Å²) in [6.45, 7) is 13.4. The smallest absolute Gasteiger partial charge is 0.410 e. The van der Waals surface area contributed by atoms with Crippen LogP contribution >= 0.6 is 0 Å². The predicted octanol–water partition coefficient (Wildman–Crippen LogP) is 4.69. The number of hydrogen-bond acceptors (Lipinski definition) is 5. The highest BCUT2D eigenvalue weighted by atomic mass is 28.4. The Hall–Kier alpha value is -2.12. The molecule has 7 heteroatoms. The van der Waals surface area contributed by atoms with E-state index in [4.69, 9.17) is 13.9 Å². The van der Waals surface area contributed by atoms with Gasteiger partial charge in [-0.15, -0.1) is 0 Å². The fourth-order valence-electron chi connectivity index (χ4n) is 2.70. The highest BCUT2D eigenvalue weighted by Gasteiger charge is 2.42. The van der Waals surface area contributed by atoms with Crippen molar-refractivity contribution in [1.82, 2.24) is 4.90 Å². The highest BCUT2D eigenvalue weighted by Crippen LogP contribution is 2.40. The zero-order chi connectivity index (χ0) is 21.7. The molecule has 0 unspecified atom stereocenters. The summed E-state index contributed by atoms with van der Waals surface area (Å²) in [7, 11) is -2.22. The van der Waals surface area contributed by atoms with Crippen LogP contribution in [0.3, 0.4) is 0 Å². The average molecular weight is 420 g/mol. The third kappa shape index (κ3) is 6.18. The van der Waals surface area contributed by atoms with Crippen molar-refractivity contribution >= 4 is 20.4 Å². The number of hydrogen-bond donors (Lipinski definition) is 0. The van der Waals surface area contributed by atoms with Crippen molar-refractivity contribution in [3.63, 3.8) is 0 Å². The van der Waals surface area contributed by atoms with Crippen LogP contribution in [0.2, 0.25) is 18.1 Å². The Morgan fingerprint density at radius 1 is 1.21 bits per heavy atom. The van der Waals surface area contributed by atoms with Crippen LogP contribution < -0.4 is 0 Å². The van der Waals surface area contributed by atoms with E-state index in [9.17, 15) is 9.59 Å². The van der Waals surface area contributed by atoms with Crippen molar-refractivity contribution in [3.05, 3.63) is 48.0 Å². The zero-order valence-corrected chi connectivity index (χ0v) is 19.3. The van der Waals surface area contributed by atoms with E-state index in [2.05, 4.69) is 33.9 Å². The first-order chi connectivity index (χ1) is 13.5. The molecular formula is C22H33NO5Si. The van der Waals surface area contributed by atoms with E-state index >= 15 is 0 Å². The largest absolute Gasteiger partial charge is 0.454 e. The summed E-state index contributed by atoms with van der Waals surface area (Å²) >= 11 is 0. The van der Waals surface area contributed by atoms with E-state index < -0.39 is 32.6 Å². The second-order valence-electron chi connectivity index (χ2n) is 8.68.